The average molecular weight is 319 g/mol. The number of benzene rings is 1. The van der Waals surface area contributed by atoms with E-state index in [4.69, 9.17) is 5.73 Å². The molecule has 0 bridgehead atoms. The van der Waals surface area contributed by atoms with Crippen molar-refractivity contribution >= 4 is 40.0 Å². The first-order valence-electron chi connectivity index (χ1n) is 3.19. The Morgan fingerprint density at radius 2 is 1.92 bits per heavy atom. The Kier molecular flexibility index (Phi) is 3.33. The minimum atomic E-state index is -4.25. The van der Waals surface area contributed by atoms with Gasteiger partial charge in [0.05, 0.1) is 0 Å². The van der Waals surface area contributed by atoms with Gasteiger partial charge >= 0.3 is 5.51 Å². The summed E-state index contributed by atoms with van der Waals surface area (Å²) in [6, 6.07) is 4.28. The van der Waals surface area contributed by atoms with Crippen molar-refractivity contribution in [2.45, 2.75) is 10.4 Å². The highest BCUT2D eigenvalue weighted by molar-refractivity contribution is 14.1. The topological polar surface area (TPSA) is 26.0 Å². The number of nitrogens with two attached hydrogens (primary N) is 1. The minimum absolute atomic E-state index is 0.116. The first-order valence-corrected chi connectivity index (χ1v) is 5.09. The van der Waals surface area contributed by atoms with Crippen molar-refractivity contribution in [1.29, 1.82) is 0 Å². The molecule has 2 N–H and O–H groups in total. The zero-order chi connectivity index (χ0) is 10.1. The Hall–Kier alpha value is -0.110. The van der Waals surface area contributed by atoms with Crippen LogP contribution in [-0.2, 0) is 0 Å². The van der Waals surface area contributed by atoms with Gasteiger partial charge in [-0.05, 0) is 52.6 Å². The highest BCUT2D eigenvalue weighted by Crippen LogP contribution is 2.37. The van der Waals surface area contributed by atoms with Crippen LogP contribution in [0.25, 0.3) is 0 Å². The fourth-order valence-corrected chi connectivity index (χ4v) is 1.64. The van der Waals surface area contributed by atoms with Gasteiger partial charge in [0, 0.05) is 14.2 Å². The molecule has 0 saturated heterocycles. The van der Waals surface area contributed by atoms with Gasteiger partial charge in [-0.1, -0.05) is 0 Å². The molecule has 0 aliphatic carbocycles. The fourth-order valence-electron chi connectivity index (χ4n) is 0.719. The Morgan fingerprint density at radius 1 is 1.31 bits per heavy atom. The lowest BCUT2D eigenvalue weighted by molar-refractivity contribution is -0.0328. The van der Waals surface area contributed by atoms with Gasteiger partial charge in [-0.25, -0.2) is 0 Å². The molecule has 0 aromatic heterocycles. The van der Waals surface area contributed by atoms with E-state index in [2.05, 4.69) is 0 Å². The molecule has 13 heavy (non-hydrogen) atoms. The summed E-state index contributed by atoms with van der Waals surface area (Å²) in [7, 11) is 0. The third-order valence-electron chi connectivity index (χ3n) is 1.20. The van der Waals surface area contributed by atoms with Crippen molar-refractivity contribution in [2.24, 2.45) is 0 Å². The number of anilines is 1. The average Bonchev–Trinajstić information content (AvgIpc) is 1.94. The zero-order valence-electron chi connectivity index (χ0n) is 6.23. The van der Waals surface area contributed by atoms with Crippen LogP contribution >= 0.6 is 34.4 Å². The molecule has 0 fully saturated rings. The number of thioether (sulfide) groups is 1. The summed E-state index contributed by atoms with van der Waals surface area (Å²) in [5, 5.41) is 0. The van der Waals surface area contributed by atoms with Crippen molar-refractivity contribution in [3.8, 4) is 0 Å². The van der Waals surface area contributed by atoms with Crippen LogP contribution in [0.5, 0.6) is 0 Å². The first kappa shape index (κ1) is 11.0. The van der Waals surface area contributed by atoms with Crippen LogP contribution in [0, 0.1) is 3.57 Å². The van der Waals surface area contributed by atoms with E-state index < -0.39 is 5.51 Å². The largest absolute Gasteiger partial charge is 0.446 e. The third-order valence-corrected chi connectivity index (χ3v) is 2.90. The molecule has 0 aliphatic heterocycles. The van der Waals surface area contributed by atoms with E-state index in [1.807, 2.05) is 22.6 Å². The summed E-state index contributed by atoms with van der Waals surface area (Å²) in [6.07, 6.45) is 0. The fraction of sp³-hybridized carbons (Fsp3) is 0.143. The number of nitrogen functional groups attached to an aromatic ring is 1. The first-order chi connectivity index (χ1) is 5.88. The van der Waals surface area contributed by atoms with Gasteiger partial charge in [0.2, 0.25) is 0 Å². The van der Waals surface area contributed by atoms with Crippen LogP contribution in [0.1, 0.15) is 0 Å². The molecule has 1 aromatic rings. The number of alkyl halides is 3. The number of rotatable bonds is 1. The van der Waals surface area contributed by atoms with E-state index in [0.717, 1.165) is 3.57 Å². The van der Waals surface area contributed by atoms with Crippen LogP contribution in [-0.4, -0.2) is 5.51 Å². The summed E-state index contributed by atoms with van der Waals surface area (Å²) in [5.74, 6) is 0. The van der Waals surface area contributed by atoms with Crippen molar-refractivity contribution in [2.75, 3.05) is 5.73 Å². The summed E-state index contributed by atoms with van der Waals surface area (Å²) in [5.41, 5.74) is 1.57. The SMILES string of the molecule is Nc1cc(SC(F)(F)F)ccc1I. The smallest absolute Gasteiger partial charge is 0.398 e. The summed E-state index contributed by atoms with van der Waals surface area (Å²) in [4.78, 5) is 0.116. The van der Waals surface area contributed by atoms with Crippen molar-refractivity contribution in [1.82, 2.24) is 0 Å². The third kappa shape index (κ3) is 3.63. The molecule has 1 aromatic carbocycles. The second-order valence-corrected chi connectivity index (χ2v) is 4.53. The van der Waals surface area contributed by atoms with E-state index in [-0.39, 0.29) is 16.7 Å². The molecule has 72 valence electrons. The molecule has 6 heteroatoms. The van der Waals surface area contributed by atoms with Crippen LogP contribution in [0.15, 0.2) is 23.1 Å². The molecular weight excluding hydrogens is 314 g/mol. The Labute approximate surface area is 91.0 Å². The number of hydrogen-bond acceptors (Lipinski definition) is 2. The molecule has 0 unspecified atom stereocenters. The van der Waals surface area contributed by atoms with Gasteiger partial charge in [-0.15, -0.1) is 0 Å². The normalized spacial score (nSPS) is 11.7. The van der Waals surface area contributed by atoms with E-state index >= 15 is 0 Å². The zero-order valence-corrected chi connectivity index (χ0v) is 9.20. The maximum Gasteiger partial charge on any atom is 0.446 e. The van der Waals surface area contributed by atoms with Crippen molar-refractivity contribution in [3.63, 3.8) is 0 Å². The van der Waals surface area contributed by atoms with Crippen LogP contribution in [0.3, 0.4) is 0 Å². The van der Waals surface area contributed by atoms with Crippen LogP contribution in [0.2, 0.25) is 0 Å². The predicted molar refractivity (Wildman–Crippen MR) is 55.5 cm³/mol. The van der Waals surface area contributed by atoms with Crippen molar-refractivity contribution in [3.05, 3.63) is 21.8 Å². The Morgan fingerprint density at radius 3 is 2.38 bits per heavy atom. The Bertz CT molecular complexity index is 313. The molecule has 0 spiro atoms. The highest BCUT2D eigenvalue weighted by atomic mass is 127. The monoisotopic (exact) mass is 319 g/mol. The second-order valence-electron chi connectivity index (χ2n) is 2.23. The quantitative estimate of drug-likeness (QED) is 0.487. The molecule has 0 amide bonds. The summed E-state index contributed by atoms with van der Waals surface area (Å²) in [6.45, 7) is 0. The summed E-state index contributed by atoms with van der Waals surface area (Å²) >= 11 is 1.80. The molecule has 0 radical (unpaired) electrons. The van der Waals surface area contributed by atoms with E-state index in [0.29, 0.717) is 5.69 Å². The van der Waals surface area contributed by atoms with Gasteiger partial charge in [0.1, 0.15) is 0 Å². The molecule has 1 nitrogen and oxygen atoms in total. The van der Waals surface area contributed by atoms with E-state index in [1.165, 1.54) is 12.1 Å². The van der Waals surface area contributed by atoms with Gasteiger partial charge in [-0.2, -0.15) is 13.2 Å². The maximum atomic E-state index is 11.9. The number of halogens is 4. The lowest BCUT2D eigenvalue weighted by atomic mass is 10.3. The van der Waals surface area contributed by atoms with Gasteiger partial charge in [0.15, 0.2) is 0 Å². The van der Waals surface area contributed by atoms with Gasteiger partial charge in [-0.3, -0.25) is 0 Å². The minimum Gasteiger partial charge on any atom is -0.398 e. The summed E-state index contributed by atoms with van der Waals surface area (Å²) < 4.78 is 36.4. The van der Waals surface area contributed by atoms with E-state index in [1.54, 1.807) is 6.07 Å². The van der Waals surface area contributed by atoms with Crippen molar-refractivity contribution < 1.29 is 13.2 Å². The van der Waals surface area contributed by atoms with Crippen LogP contribution in [0.4, 0.5) is 18.9 Å². The van der Waals surface area contributed by atoms with Crippen LogP contribution < -0.4 is 5.73 Å². The number of hydrogen-bond donors (Lipinski definition) is 1. The lowest BCUT2D eigenvalue weighted by Gasteiger charge is -2.06. The molecule has 0 aliphatic rings. The van der Waals surface area contributed by atoms with E-state index in [9.17, 15) is 13.2 Å². The lowest BCUT2D eigenvalue weighted by Crippen LogP contribution is -1.99. The molecule has 0 heterocycles. The standard InChI is InChI=1S/C7H5F3INS/c8-7(9,10)13-4-1-2-5(11)6(12)3-4/h1-3H,12H2. The predicted octanol–water partition coefficient (Wildman–Crippen LogP) is 3.49. The molecule has 0 atom stereocenters. The molecule has 1 rings (SSSR count). The molecular formula is C7H5F3INS. The maximum absolute atomic E-state index is 11.9. The van der Waals surface area contributed by atoms with Gasteiger partial charge < -0.3 is 5.73 Å². The molecule has 0 saturated carbocycles. The second kappa shape index (κ2) is 3.95. The Balaban J connectivity index is 2.86. The van der Waals surface area contributed by atoms with Gasteiger partial charge in [0.25, 0.3) is 0 Å². The highest BCUT2D eigenvalue weighted by Gasteiger charge is 2.29.